The number of hydrogen-bond donors (Lipinski definition) is 1. The largest absolute Gasteiger partial charge is 0.320 e. The standard InChI is InChI=1S/C10H14FNO2S/c1-10(2,15(11,13)14)12-8-9-6-4-3-5-7-9/h3-7,12H,8H2,1-2H3. The van der Waals surface area contributed by atoms with Gasteiger partial charge in [0.25, 0.3) is 0 Å². The summed E-state index contributed by atoms with van der Waals surface area (Å²) >= 11 is 0. The average Bonchev–Trinajstić information content (AvgIpc) is 2.15. The molecule has 0 amide bonds. The summed E-state index contributed by atoms with van der Waals surface area (Å²) in [5.41, 5.74) is 0.911. The van der Waals surface area contributed by atoms with Gasteiger partial charge in [-0.2, -0.15) is 8.42 Å². The van der Waals surface area contributed by atoms with Gasteiger partial charge in [-0.3, -0.25) is 5.32 Å². The molecule has 1 rings (SSSR count). The zero-order valence-corrected chi connectivity index (χ0v) is 9.51. The molecule has 0 radical (unpaired) electrons. The van der Waals surface area contributed by atoms with Gasteiger partial charge in [0.2, 0.25) is 0 Å². The maximum atomic E-state index is 12.8. The summed E-state index contributed by atoms with van der Waals surface area (Å²) in [6.45, 7) is 2.91. The van der Waals surface area contributed by atoms with Gasteiger partial charge in [-0.15, -0.1) is 3.89 Å². The van der Waals surface area contributed by atoms with Gasteiger partial charge < -0.3 is 0 Å². The lowest BCUT2D eigenvalue weighted by Crippen LogP contribution is -2.44. The molecule has 84 valence electrons. The van der Waals surface area contributed by atoms with E-state index in [1.807, 2.05) is 30.3 Å². The van der Waals surface area contributed by atoms with Crippen LogP contribution in [0, 0.1) is 0 Å². The molecule has 0 atom stereocenters. The van der Waals surface area contributed by atoms with Gasteiger partial charge >= 0.3 is 10.2 Å². The fourth-order valence-corrected chi connectivity index (χ4v) is 1.24. The van der Waals surface area contributed by atoms with Crippen molar-refractivity contribution in [2.75, 3.05) is 0 Å². The van der Waals surface area contributed by atoms with Crippen molar-refractivity contribution in [1.82, 2.24) is 5.32 Å². The molecular weight excluding hydrogens is 217 g/mol. The molecule has 0 heterocycles. The molecule has 1 N–H and O–H groups in total. The summed E-state index contributed by atoms with van der Waals surface area (Å²) in [6, 6.07) is 9.23. The molecule has 0 aliphatic rings. The first-order valence-corrected chi connectivity index (χ1v) is 5.94. The SMILES string of the molecule is CC(C)(NCc1ccccc1)S(=O)(=O)F. The van der Waals surface area contributed by atoms with Crippen LogP contribution in [0.2, 0.25) is 0 Å². The summed E-state index contributed by atoms with van der Waals surface area (Å²) in [7, 11) is -4.58. The minimum atomic E-state index is -4.58. The van der Waals surface area contributed by atoms with Crippen LogP contribution >= 0.6 is 0 Å². The van der Waals surface area contributed by atoms with E-state index in [4.69, 9.17) is 0 Å². The van der Waals surface area contributed by atoms with Crippen molar-refractivity contribution in [3.63, 3.8) is 0 Å². The third kappa shape index (κ3) is 3.28. The van der Waals surface area contributed by atoms with E-state index in [0.717, 1.165) is 5.56 Å². The van der Waals surface area contributed by atoms with Crippen LogP contribution in [0.1, 0.15) is 19.4 Å². The van der Waals surface area contributed by atoms with E-state index in [1.54, 1.807) is 0 Å². The van der Waals surface area contributed by atoms with Crippen molar-refractivity contribution in [3.8, 4) is 0 Å². The second-order valence-electron chi connectivity index (χ2n) is 3.79. The number of hydrogen-bond acceptors (Lipinski definition) is 3. The molecule has 0 unspecified atom stereocenters. The minimum Gasteiger partial charge on any atom is -0.293 e. The highest BCUT2D eigenvalue weighted by Crippen LogP contribution is 2.15. The van der Waals surface area contributed by atoms with E-state index < -0.39 is 15.1 Å². The van der Waals surface area contributed by atoms with E-state index in [2.05, 4.69) is 5.32 Å². The van der Waals surface area contributed by atoms with Gasteiger partial charge in [0.1, 0.15) is 4.87 Å². The van der Waals surface area contributed by atoms with Crippen molar-refractivity contribution >= 4 is 10.2 Å². The topological polar surface area (TPSA) is 46.2 Å². The van der Waals surface area contributed by atoms with Gasteiger partial charge in [0.15, 0.2) is 0 Å². The Morgan fingerprint density at radius 3 is 2.27 bits per heavy atom. The molecule has 0 aliphatic heterocycles. The predicted octanol–water partition coefficient (Wildman–Crippen LogP) is 1.81. The van der Waals surface area contributed by atoms with Gasteiger partial charge in [-0.1, -0.05) is 30.3 Å². The maximum Gasteiger partial charge on any atom is 0.320 e. The molecule has 0 aliphatic carbocycles. The van der Waals surface area contributed by atoms with Crippen molar-refractivity contribution in [2.24, 2.45) is 0 Å². The molecule has 3 nitrogen and oxygen atoms in total. The van der Waals surface area contributed by atoms with Crippen LogP contribution in [0.3, 0.4) is 0 Å². The highest BCUT2D eigenvalue weighted by molar-refractivity contribution is 7.87. The van der Waals surface area contributed by atoms with Gasteiger partial charge in [0.05, 0.1) is 0 Å². The first-order valence-electron chi connectivity index (χ1n) is 4.56. The molecular formula is C10H14FNO2S. The smallest absolute Gasteiger partial charge is 0.293 e. The Morgan fingerprint density at radius 1 is 1.27 bits per heavy atom. The van der Waals surface area contributed by atoms with Crippen LogP contribution in [-0.4, -0.2) is 13.3 Å². The Labute approximate surface area is 89.5 Å². The summed E-state index contributed by atoms with van der Waals surface area (Å²) in [5, 5.41) is 2.65. The van der Waals surface area contributed by atoms with Crippen LogP contribution in [0.15, 0.2) is 30.3 Å². The molecule has 0 bridgehead atoms. The van der Waals surface area contributed by atoms with Crippen molar-refractivity contribution in [3.05, 3.63) is 35.9 Å². The third-order valence-electron chi connectivity index (χ3n) is 2.17. The lowest BCUT2D eigenvalue weighted by molar-refractivity contribution is 0.448. The number of rotatable bonds is 4. The Balaban J connectivity index is 2.66. The van der Waals surface area contributed by atoms with Crippen LogP contribution in [-0.2, 0) is 16.8 Å². The fourth-order valence-electron chi connectivity index (χ4n) is 0.997. The normalized spacial score (nSPS) is 12.7. The molecule has 0 fully saturated rings. The summed E-state index contributed by atoms with van der Waals surface area (Å²) in [6.07, 6.45) is 0. The Hall–Kier alpha value is -0.940. The van der Waals surface area contributed by atoms with Crippen LogP contribution in [0.4, 0.5) is 3.89 Å². The molecule has 0 saturated carbocycles. The quantitative estimate of drug-likeness (QED) is 0.804. The number of halogens is 1. The van der Waals surface area contributed by atoms with E-state index in [-0.39, 0.29) is 0 Å². The average molecular weight is 231 g/mol. The molecule has 0 saturated heterocycles. The van der Waals surface area contributed by atoms with E-state index in [0.29, 0.717) is 6.54 Å². The zero-order valence-electron chi connectivity index (χ0n) is 8.70. The first-order chi connectivity index (χ1) is 6.83. The van der Waals surface area contributed by atoms with Crippen molar-refractivity contribution in [1.29, 1.82) is 0 Å². The monoisotopic (exact) mass is 231 g/mol. The molecule has 1 aromatic carbocycles. The lowest BCUT2D eigenvalue weighted by Gasteiger charge is -2.21. The molecule has 0 aromatic heterocycles. The number of nitrogens with one attached hydrogen (secondary N) is 1. The Bertz CT molecular complexity index is 414. The Morgan fingerprint density at radius 2 is 1.80 bits per heavy atom. The zero-order chi connectivity index (χ0) is 11.5. The van der Waals surface area contributed by atoms with Gasteiger partial charge in [0, 0.05) is 6.54 Å². The van der Waals surface area contributed by atoms with Gasteiger partial charge in [-0.05, 0) is 19.4 Å². The van der Waals surface area contributed by atoms with E-state index >= 15 is 0 Å². The highest BCUT2D eigenvalue weighted by atomic mass is 32.3. The maximum absolute atomic E-state index is 12.8. The third-order valence-corrected chi connectivity index (χ3v) is 3.53. The van der Waals surface area contributed by atoms with Crippen LogP contribution in [0.25, 0.3) is 0 Å². The fraction of sp³-hybridized carbons (Fsp3) is 0.400. The summed E-state index contributed by atoms with van der Waals surface area (Å²) in [4.78, 5) is -1.55. The highest BCUT2D eigenvalue weighted by Gasteiger charge is 2.33. The summed E-state index contributed by atoms with van der Waals surface area (Å²) in [5.74, 6) is 0. The first kappa shape index (κ1) is 12.1. The summed E-state index contributed by atoms with van der Waals surface area (Å²) < 4.78 is 34.3. The van der Waals surface area contributed by atoms with Crippen LogP contribution in [0.5, 0.6) is 0 Å². The molecule has 5 heteroatoms. The Kier molecular flexibility index (Phi) is 3.46. The van der Waals surface area contributed by atoms with Crippen molar-refractivity contribution < 1.29 is 12.3 Å². The second kappa shape index (κ2) is 4.28. The second-order valence-corrected chi connectivity index (χ2v) is 5.68. The number of benzene rings is 1. The molecule has 15 heavy (non-hydrogen) atoms. The molecule has 0 spiro atoms. The molecule has 1 aromatic rings. The lowest BCUT2D eigenvalue weighted by atomic mass is 10.2. The van der Waals surface area contributed by atoms with E-state index in [9.17, 15) is 12.3 Å². The minimum absolute atomic E-state index is 0.316. The van der Waals surface area contributed by atoms with Crippen LogP contribution < -0.4 is 5.32 Å². The van der Waals surface area contributed by atoms with Gasteiger partial charge in [-0.25, -0.2) is 0 Å². The van der Waals surface area contributed by atoms with E-state index in [1.165, 1.54) is 13.8 Å². The predicted molar refractivity (Wildman–Crippen MR) is 57.4 cm³/mol. The van der Waals surface area contributed by atoms with Crippen molar-refractivity contribution in [2.45, 2.75) is 25.3 Å².